The van der Waals surface area contributed by atoms with Gasteiger partial charge >= 0.3 is 6.03 Å². The van der Waals surface area contributed by atoms with Gasteiger partial charge in [0, 0.05) is 31.6 Å². The summed E-state index contributed by atoms with van der Waals surface area (Å²) in [6.45, 7) is 3.06. The fourth-order valence-corrected chi connectivity index (χ4v) is 2.88. The van der Waals surface area contributed by atoms with Crippen LogP contribution in [0, 0.1) is 5.82 Å². The van der Waals surface area contributed by atoms with Gasteiger partial charge < -0.3 is 15.5 Å². The first-order valence-corrected chi connectivity index (χ1v) is 8.97. The van der Waals surface area contributed by atoms with E-state index in [9.17, 15) is 9.18 Å². The van der Waals surface area contributed by atoms with Gasteiger partial charge in [-0.1, -0.05) is 30.3 Å². The van der Waals surface area contributed by atoms with Crippen molar-refractivity contribution in [3.63, 3.8) is 0 Å². The zero-order chi connectivity index (χ0) is 19.1. The van der Waals surface area contributed by atoms with E-state index in [0.717, 1.165) is 16.5 Å². The van der Waals surface area contributed by atoms with Gasteiger partial charge in [-0.05, 0) is 30.8 Å². The van der Waals surface area contributed by atoms with Crippen molar-refractivity contribution < 1.29 is 9.18 Å². The second-order valence-corrected chi connectivity index (χ2v) is 6.47. The van der Waals surface area contributed by atoms with Crippen LogP contribution in [0.15, 0.2) is 54.7 Å². The third-order valence-corrected chi connectivity index (χ3v) is 4.31. The molecule has 0 unspecified atom stereocenters. The van der Waals surface area contributed by atoms with E-state index in [0.29, 0.717) is 32.7 Å². The van der Waals surface area contributed by atoms with Crippen LogP contribution in [0.4, 0.5) is 9.18 Å². The van der Waals surface area contributed by atoms with Crippen LogP contribution in [0.5, 0.6) is 0 Å². The highest BCUT2D eigenvalue weighted by molar-refractivity contribution is 5.78. The van der Waals surface area contributed by atoms with E-state index in [1.165, 1.54) is 12.1 Å². The number of aromatic nitrogens is 2. The Morgan fingerprint density at radius 1 is 1.11 bits per heavy atom. The lowest BCUT2D eigenvalue weighted by molar-refractivity contribution is 0.237. The number of halogens is 1. The van der Waals surface area contributed by atoms with Crippen LogP contribution >= 0.6 is 0 Å². The number of carbonyl (C=O) groups is 1. The Labute approximate surface area is 158 Å². The lowest BCUT2D eigenvalue weighted by Crippen LogP contribution is -2.40. The molecule has 3 rings (SSSR count). The first kappa shape index (κ1) is 18.8. The number of urea groups is 1. The van der Waals surface area contributed by atoms with Crippen LogP contribution in [-0.2, 0) is 13.1 Å². The third-order valence-electron chi connectivity index (χ3n) is 4.31. The molecule has 0 radical (unpaired) electrons. The number of fused-ring (bicyclic) bond motifs is 1. The van der Waals surface area contributed by atoms with E-state index in [1.807, 2.05) is 42.2 Å². The van der Waals surface area contributed by atoms with E-state index in [4.69, 9.17) is 0 Å². The van der Waals surface area contributed by atoms with Crippen LogP contribution in [0.1, 0.15) is 5.56 Å². The molecule has 0 saturated heterocycles. The maximum Gasteiger partial charge on any atom is 0.314 e. The Hall–Kier alpha value is -2.93. The summed E-state index contributed by atoms with van der Waals surface area (Å²) in [7, 11) is 1.96. The molecular weight excluding hydrogens is 345 g/mol. The van der Waals surface area contributed by atoms with Gasteiger partial charge in [-0.2, -0.15) is 5.10 Å². The molecule has 27 heavy (non-hydrogen) atoms. The van der Waals surface area contributed by atoms with Gasteiger partial charge in [0.05, 0.1) is 18.3 Å². The molecule has 0 bridgehead atoms. The fourth-order valence-electron chi connectivity index (χ4n) is 2.88. The van der Waals surface area contributed by atoms with Gasteiger partial charge in [0.1, 0.15) is 5.82 Å². The highest BCUT2D eigenvalue weighted by atomic mass is 19.1. The average Bonchev–Trinajstić information content (AvgIpc) is 3.07. The number of carbonyl (C=O) groups excluding carboxylic acids is 1. The molecule has 0 fully saturated rings. The predicted octanol–water partition coefficient (Wildman–Crippen LogP) is 2.61. The molecule has 1 heterocycles. The first-order valence-electron chi connectivity index (χ1n) is 8.97. The second kappa shape index (κ2) is 9.14. The molecule has 0 atom stereocenters. The van der Waals surface area contributed by atoms with Crippen LogP contribution in [0.3, 0.4) is 0 Å². The maximum atomic E-state index is 12.9. The Morgan fingerprint density at radius 2 is 1.85 bits per heavy atom. The number of rotatable bonds is 8. The van der Waals surface area contributed by atoms with Gasteiger partial charge in [-0.3, -0.25) is 4.68 Å². The largest absolute Gasteiger partial charge is 0.337 e. The van der Waals surface area contributed by atoms with Crippen LogP contribution in [0.25, 0.3) is 10.9 Å². The van der Waals surface area contributed by atoms with Gasteiger partial charge in [-0.25, -0.2) is 9.18 Å². The zero-order valence-corrected chi connectivity index (χ0v) is 15.4. The second-order valence-electron chi connectivity index (χ2n) is 6.47. The van der Waals surface area contributed by atoms with Crippen LogP contribution < -0.4 is 10.6 Å². The number of likely N-dealkylation sites (N-methyl/N-ethyl adjacent to an activating group) is 1. The lowest BCUT2D eigenvalue weighted by atomic mass is 10.2. The van der Waals surface area contributed by atoms with E-state index < -0.39 is 0 Å². The fraction of sp³-hybridized carbons (Fsp3) is 0.300. The minimum atomic E-state index is -0.233. The number of hydrogen-bond donors (Lipinski definition) is 2. The minimum Gasteiger partial charge on any atom is -0.337 e. The summed E-state index contributed by atoms with van der Waals surface area (Å²) in [4.78, 5) is 14.0. The standard InChI is InChI=1S/C20H24FN5O/c1-25(15-16-6-8-18(21)9-7-16)12-10-22-20(27)23-11-13-26-19-5-3-2-4-17(19)14-24-26/h2-9,14H,10-13,15H2,1H3,(H2,22,23,27). The summed E-state index contributed by atoms with van der Waals surface area (Å²) in [6, 6.07) is 14.2. The molecule has 6 nitrogen and oxygen atoms in total. The molecule has 2 amide bonds. The quantitative estimate of drug-likeness (QED) is 0.642. The summed E-state index contributed by atoms with van der Waals surface area (Å²) >= 11 is 0. The molecule has 142 valence electrons. The molecule has 2 N–H and O–H groups in total. The number of nitrogens with zero attached hydrogens (tertiary/aromatic N) is 3. The van der Waals surface area contributed by atoms with Crippen molar-refractivity contribution >= 4 is 16.9 Å². The SMILES string of the molecule is CN(CCNC(=O)NCCn1ncc2ccccc21)Cc1ccc(F)cc1. The van der Waals surface area contributed by atoms with Crippen molar-refractivity contribution in [3.8, 4) is 0 Å². The minimum absolute atomic E-state index is 0.193. The number of benzene rings is 2. The lowest BCUT2D eigenvalue weighted by Gasteiger charge is -2.17. The van der Waals surface area contributed by atoms with Crippen molar-refractivity contribution in [2.45, 2.75) is 13.1 Å². The maximum absolute atomic E-state index is 12.9. The summed E-state index contributed by atoms with van der Waals surface area (Å²) in [5, 5.41) is 11.1. The number of amides is 2. The molecule has 1 aromatic heterocycles. The molecule has 7 heteroatoms. The molecule has 0 aliphatic heterocycles. The van der Waals surface area contributed by atoms with Gasteiger partial charge in [-0.15, -0.1) is 0 Å². The molecule has 0 saturated carbocycles. The van der Waals surface area contributed by atoms with Gasteiger partial charge in [0.2, 0.25) is 0 Å². The summed E-state index contributed by atoms with van der Waals surface area (Å²) < 4.78 is 14.8. The molecular formula is C20H24FN5O. The topological polar surface area (TPSA) is 62.2 Å². The number of para-hydroxylation sites is 1. The summed E-state index contributed by atoms with van der Waals surface area (Å²) in [5.74, 6) is -0.233. The number of hydrogen-bond acceptors (Lipinski definition) is 3. The molecule has 0 aliphatic carbocycles. The third kappa shape index (κ3) is 5.52. The smallest absolute Gasteiger partial charge is 0.314 e. The highest BCUT2D eigenvalue weighted by Crippen LogP contribution is 2.11. The van der Waals surface area contributed by atoms with E-state index >= 15 is 0 Å². The Morgan fingerprint density at radius 3 is 2.67 bits per heavy atom. The van der Waals surface area contributed by atoms with E-state index in [1.54, 1.807) is 12.1 Å². The van der Waals surface area contributed by atoms with Crippen molar-refractivity contribution in [2.24, 2.45) is 0 Å². The van der Waals surface area contributed by atoms with Crippen molar-refractivity contribution in [2.75, 3.05) is 26.7 Å². The van der Waals surface area contributed by atoms with Crippen LogP contribution in [-0.4, -0.2) is 47.4 Å². The normalized spacial score (nSPS) is 11.1. The predicted molar refractivity (Wildman–Crippen MR) is 104 cm³/mol. The van der Waals surface area contributed by atoms with Crippen molar-refractivity contribution in [3.05, 3.63) is 66.1 Å². The van der Waals surface area contributed by atoms with E-state index in [2.05, 4.69) is 20.6 Å². The summed E-state index contributed by atoms with van der Waals surface area (Å²) in [5.41, 5.74) is 2.09. The number of nitrogens with one attached hydrogen (secondary N) is 2. The monoisotopic (exact) mass is 369 g/mol. The molecule has 2 aromatic carbocycles. The molecule has 3 aromatic rings. The van der Waals surface area contributed by atoms with Crippen molar-refractivity contribution in [1.29, 1.82) is 0 Å². The first-order chi connectivity index (χ1) is 13.1. The Bertz CT molecular complexity index is 877. The Kier molecular flexibility index (Phi) is 6.38. The van der Waals surface area contributed by atoms with Crippen LogP contribution in [0.2, 0.25) is 0 Å². The van der Waals surface area contributed by atoms with Crippen molar-refractivity contribution in [1.82, 2.24) is 25.3 Å². The Balaban J connectivity index is 1.33. The average molecular weight is 369 g/mol. The van der Waals surface area contributed by atoms with Gasteiger partial charge in [0.25, 0.3) is 0 Å². The summed E-state index contributed by atoms with van der Waals surface area (Å²) in [6.07, 6.45) is 1.83. The van der Waals surface area contributed by atoms with Gasteiger partial charge in [0.15, 0.2) is 0 Å². The molecule has 0 spiro atoms. The molecule has 0 aliphatic rings. The zero-order valence-electron chi connectivity index (χ0n) is 15.4. The highest BCUT2D eigenvalue weighted by Gasteiger charge is 2.05. The van der Waals surface area contributed by atoms with E-state index in [-0.39, 0.29) is 11.8 Å².